The van der Waals surface area contributed by atoms with E-state index < -0.39 is 12.1 Å². The zero-order valence-corrected chi connectivity index (χ0v) is 18.4. The molecular weight excluding hydrogens is 468 g/mol. The first-order chi connectivity index (χ1) is 15.2. The average molecular weight is 489 g/mol. The maximum absolute atomic E-state index is 10.6. The fraction of sp³-hybridized carbons (Fsp3) is 0.318. The number of rotatable bonds is 5. The number of nitrogens with one attached hydrogen (secondary N) is 1. The minimum absolute atomic E-state index is 0.661. The Kier molecular flexibility index (Phi) is 7.92. The number of benzene rings is 2. The summed E-state index contributed by atoms with van der Waals surface area (Å²) >= 11 is 12.4. The third-order valence-corrected chi connectivity index (χ3v) is 5.51. The van der Waals surface area contributed by atoms with Crippen molar-refractivity contribution in [3.63, 3.8) is 0 Å². The molecule has 0 spiro atoms. The molecule has 2 aromatic carbocycles. The highest BCUT2D eigenvalue weighted by Crippen LogP contribution is 2.33. The van der Waals surface area contributed by atoms with Crippen molar-refractivity contribution < 1.29 is 27.8 Å². The van der Waals surface area contributed by atoms with Gasteiger partial charge >= 0.3 is 12.1 Å². The fourth-order valence-corrected chi connectivity index (χ4v) is 3.98. The van der Waals surface area contributed by atoms with Gasteiger partial charge < -0.3 is 19.7 Å². The molecular formula is C22H21Cl2F3N2O3. The highest BCUT2D eigenvalue weighted by atomic mass is 35.5. The summed E-state index contributed by atoms with van der Waals surface area (Å²) in [7, 11) is 0. The van der Waals surface area contributed by atoms with E-state index in [-0.39, 0.29) is 0 Å². The van der Waals surface area contributed by atoms with Crippen molar-refractivity contribution in [2.75, 3.05) is 13.2 Å². The van der Waals surface area contributed by atoms with Gasteiger partial charge in [-0.1, -0.05) is 35.3 Å². The molecule has 2 N–H and O–H groups in total. The Bertz CT molecular complexity index is 1080. The van der Waals surface area contributed by atoms with Gasteiger partial charge in [0.2, 0.25) is 0 Å². The molecule has 0 unspecified atom stereocenters. The van der Waals surface area contributed by atoms with Crippen LogP contribution in [0.4, 0.5) is 13.2 Å². The Labute approximate surface area is 192 Å². The van der Waals surface area contributed by atoms with Crippen molar-refractivity contribution in [2.24, 2.45) is 0 Å². The maximum atomic E-state index is 10.6. The van der Waals surface area contributed by atoms with E-state index in [0.29, 0.717) is 6.61 Å². The van der Waals surface area contributed by atoms with Gasteiger partial charge in [0.15, 0.2) is 0 Å². The number of para-hydroxylation sites is 1. The predicted molar refractivity (Wildman–Crippen MR) is 118 cm³/mol. The lowest BCUT2D eigenvalue weighted by Crippen LogP contribution is -2.25. The van der Waals surface area contributed by atoms with Gasteiger partial charge in [-0.15, -0.1) is 0 Å². The van der Waals surface area contributed by atoms with Crippen molar-refractivity contribution in [3.8, 4) is 5.75 Å². The van der Waals surface area contributed by atoms with Gasteiger partial charge in [0.25, 0.3) is 0 Å². The molecule has 0 fully saturated rings. The Balaban J connectivity index is 0.000000360. The van der Waals surface area contributed by atoms with E-state index in [4.69, 9.17) is 37.8 Å². The van der Waals surface area contributed by atoms with E-state index in [1.165, 1.54) is 16.6 Å². The van der Waals surface area contributed by atoms with Crippen LogP contribution in [0.25, 0.3) is 10.9 Å². The van der Waals surface area contributed by atoms with E-state index in [0.717, 1.165) is 53.8 Å². The highest BCUT2D eigenvalue weighted by molar-refractivity contribution is 6.35. The molecule has 10 heteroatoms. The number of ether oxygens (including phenoxy) is 1. The van der Waals surface area contributed by atoms with Crippen LogP contribution >= 0.6 is 23.2 Å². The van der Waals surface area contributed by atoms with Crippen LogP contribution in [0.5, 0.6) is 5.75 Å². The summed E-state index contributed by atoms with van der Waals surface area (Å²) in [6, 6.07) is 13.7. The van der Waals surface area contributed by atoms with E-state index in [9.17, 15) is 13.2 Å². The van der Waals surface area contributed by atoms with Crippen LogP contribution in [0, 0.1) is 0 Å². The minimum atomic E-state index is -5.08. The minimum Gasteiger partial charge on any atom is -0.494 e. The van der Waals surface area contributed by atoms with Gasteiger partial charge in [0, 0.05) is 29.2 Å². The molecule has 2 heterocycles. The number of alkyl halides is 3. The van der Waals surface area contributed by atoms with Gasteiger partial charge in [-0.3, -0.25) is 0 Å². The van der Waals surface area contributed by atoms with Crippen LogP contribution in [0.3, 0.4) is 0 Å². The SMILES string of the molecule is Clc1ccc(OCCCn2c3c(c4cccc(Cl)c42)CCNC3)cc1.O=C(O)C(F)(F)F. The predicted octanol–water partition coefficient (Wildman–Crippen LogP) is 5.70. The Hall–Kier alpha value is -2.42. The number of carboxylic acid groups (broad SMARTS) is 1. The fourth-order valence-electron chi connectivity index (χ4n) is 3.58. The third kappa shape index (κ3) is 5.88. The van der Waals surface area contributed by atoms with E-state index in [1.807, 2.05) is 36.4 Å². The van der Waals surface area contributed by atoms with Crippen molar-refractivity contribution in [2.45, 2.75) is 32.1 Å². The number of aryl methyl sites for hydroxylation is 1. The Morgan fingerprint density at radius 1 is 1.16 bits per heavy atom. The molecule has 3 aromatic rings. The first kappa shape index (κ1) is 24.2. The van der Waals surface area contributed by atoms with Crippen LogP contribution in [0.2, 0.25) is 10.0 Å². The molecule has 1 aromatic heterocycles. The summed E-state index contributed by atoms with van der Waals surface area (Å²) in [6.07, 6.45) is -3.11. The molecule has 0 bridgehead atoms. The summed E-state index contributed by atoms with van der Waals surface area (Å²) in [5, 5.41) is 13.4. The van der Waals surface area contributed by atoms with Gasteiger partial charge in [0.1, 0.15) is 5.75 Å². The van der Waals surface area contributed by atoms with E-state index in [2.05, 4.69) is 16.0 Å². The molecule has 0 saturated carbocycles. The second kappa shape index (κ2) is 10.5. The molecule has 172 valence electrons. The molecule has 1 aliphatic rings. The lowest BCUT2D eigenvalue weighted by atomic mass is 10.0. The molecule has 0 amide bonds. The van der Waals surface area contributed by atoms with Gasteiger partial charge in [-0.05, 0) is 55.3 Å². The first-order valence-corrected chi connectivity index (χ1v) is 10.6. The summed E-state index contributed by atoms with van der Waals surface area (Å²) in [5.41, 5.74) is 3.96. The number of fused-ring (bicyclic) bond motifs is 3. The van der Waals surface area contributed by atoms with Crippen LogP contribution in [0.1, 0.15) is 17.7 Å². The quantitative estimate of drug-likeness (QED) is 0.452. The van der Waals surface area contributed by atoms with Gasteiger partial charge in [0.05, 0.1) is 17.1 Å². The number of aromatic nitrogens is 1. The zero-order valence-electron chi connectivity index (χ0n) is 16.9. The van der Waals surface area contributed by atoms with E-state index >= 15 is 0 Å². The van der Waals surface area contributed by atoms with E-state index in [1.54, 1.807) is 0 Å². The number of carboxylic acids is 1. The molecule has 0 saturated heterocycles. The second-order valence-corrected chi connectivity index (χ2v) is 7.94. The molecule has 5 nitrogen and oxygen atoms in total. The first-order valence-electron chi connectivity index (χ1n) is 9.86. The number of halogens is 5. The van der Waals surface area contributed by atoms with Crippen LogP contribution in [-0.4, -0.2) is 35.0 Å². The molecule has 4 rings (SSSR count). The third-order valence-electron chi connectivity index (χ3n) is 4.95. The number of aliphatic carboxylic acids is 1. The summed E-state index contributed by atoms with van der Waals surface area (Å²) < 4.78 is 39.9. The van der Waals surface area contributed by atoms with Gasteiger partial charge in [-0.2, -0.15) is 13.2 Å². The second-order valence-electron chi connectivity index (χ2n) is 7.10. The normalized spacial score (nSPS) is 13.3. The maximum Gasteiger partial charge on any atom is 0.490 e. The topological polar surface area (TPSA) is 63.5 Å². The number of carbonyl (C=O) groups is 1. The smallest absolute Gasteiger partial charge is 0.490 e. The van der Waals surface area contributed by atoms with Crippen molar-refractivity contribution in [3.05, 3.63) is 63.8 Å². The molecule has 0 radical (unpaired) electrons. The van der Waals surface area contributed by atoms with Crippen LogP contribution < -0.4 is 10.1 Å². The van der Waals surface area contributed by atoms with Gasteiger partial charge in [-0.25, -0.2) is 4.79 Å². The van der Waals surface area contributed by atoms with Crippen molar-refractivity contribution in [1.82, 2.24) is 9.88 Å². The number of hydrogen-bond donors (Lipinski definition) is 2. The van der Waals surface area contributed by atoms with Crippen LogP contribution in [0.15, 0.2) is 42.5 Å². The van der Waals surface area contributed by atoms with Crippen LogP contribution in [-0.2, 0) is 24.3 Å². The molecule has 0 aliphatic carbocycles. The Morgan fingerprint density at radius 3 is 2.50 bits per heavy atom. The zero-order chi connectivity index (χ0) is 23.3. The lowest BCUT2D eigenvalue weighted by Gasteiger charge is -2.17. The van der Waals surface area contributed by atoms with Crippen molar-refractivity contribution >= 4 is 40.1 Å². The molecule has 1 aliphatic heterocycles. The molecule has 32 heavy (non-hydrogen) atoms. The standard InChI is InChI=1S/C20H20Cl2N2O.C2HF3O2/c21-14-5-7-15(8-6-14)25-12-2-11-24-19-13-23-10-9-16(19)17-3-1-4-18(22)20(17)24;3-2(4,5)1(6)7/h1,3-8,23H,2,9-13H2;(H,6,7). The van der Waals surface area contributed by atoms with Crippen molar-refractivity contribution in [1.29, 1.82) is 0 Å². The summed E-state index contributed by atoms with van der Waals surface area (Å²) in [4.78, 5) is 8.90. The monoisotopic (exact) mass is 488 g/mol. The molecule has 0 atom stereocenters. The lowest BCUT2D eigenvalue weighted by molar-refractivity contribution is -0.192. The number of hydrogen-bond acceptors (Lipinski definition) is 3. The summed E-state index contributed by atoms with van der Waals surface area (Å²) in [5.74, 6) is -1.91. The summed E-state index contributed by atoms with van der Waals surface area (Å²) in [6.45, 7) is 3.48. The largest absolute Gasteiger partial charge is 0.494 e. The Morgan fingerprint density at radius 2 is 1.84 bits per heavy atom. The highest BCUT2D eigenvalue weighted by Gasteiger charge is 2.38. The average Bonchev–Trinajstić information content (AvgIpc) is 3.07. The number of nitrogens with zero attached hydrogens (tertiary/aromatic N) is 1.